The number of aliphatic imine (C=N–C) groups is 2. The molecule has 2 aromatic rings. The van der Waals surface area contributed by atoms with Crippen LogP contribution >= 0.6 is 24.4 Å². The minimum atomic E-state index is -0.530. The summed E-state index contributed by atoms with van der Waals surface area (Å²) in [5.41, 5.74) is 1.41. The Morgan fingerprint density at radius 1 is 0.862 bits per heavy atom. The van der Waals surface area contributed by atoms with Crippen LogP contribution in [0.4, 0.5) is 0 Å². The van der Waals surface area contributed by atoms with Gasteiger partial charge in [-0.1, -0.05) is 0 Å². The second-order valence-electron chi connectivity index (χ2n) is 5.08. The van der Waals surface area contributed by atoms with Crippen LogP contribution in [-0.4, -0.2) is 58.5 Å². The monoisotopic (exact) mass is 516 g/mol. The van der Waals surface area contributed by atoms with Gasteiger partial charge in [0.1, 0.15) is 13.2 Å². The summed E-state index contributed by atoms with van der Waals surface area (Å²) < 4.78 is 10.2. The molecular formula is C18H14N4O4RuS2+2. The van der Waals surface area contributed by atoms with Gasteiger partial charge in [0, 0.05) is 12.4 Å². The summed E-state index contributed by atoms with van der Waals surface area (Å²) >= 11 is 8.89. The van der Waals surface area contributed by atoms with E-state index in [1.807, 2.05) is 0 Å². The van der Waals surface area contributed by atoms with Crippen LogP contribution in [0.2, 0.25) is 0 Å². The van der Waals surface area contributed by atoms with Gasteiger partial charge in [0.25, 0.3) is 0 Å². The number of hydrogen-bond donors (Lipinski definition) is 0. The van der Waals surface area contributed by atoms with E-state index in [1.165, 1.54) is 36.7 Å². The summed E-state index contributed by atoms with van der Waals surface area (Å²) in [6, 6.07) is 6.08. The molecule has 0 saturated carbocycles. The molecule has 148 valence electrons. The maximum atomic E-state index is 12.1. The number of pyridine rings is 2. The number of ether oxygens (including phenoxy) is 2. The number of isothiocyanates is 2. The third-order valence-electron chi connectivity index (χ3n) is 3.26. The van der Waals surface area contributed by atoms with Crippen LogP contribution in [0.25, 0.3) is 11.4 Å². The molecule has 0 radical (unpaired) electrons. The molecule has 11 heteroatoms. The van der Waals surface area contributed by atoms with Gasteiger partial charge in [-0.05, 0) is 48.7 Å². The number of carbonyl (C=O) groups excluding carboxylic acids is 2. The van der Waals surface area contributed by atoms with Gasteiger partial charge in [0.2, 0.25) is 0 Å². The van der Waals surface area contributed by atoms with Crippen molar-refractivity contribution in [2.45, 2.75) is 0 Å². The van der Waals surface area contributed by atoms with Gasteiger partial charge in [-0.3, -0.25) is 9.97 Å². The van der Waals surface area contributed by atoms with Crippen LogP contribution < -0.4 is 0 Å². The second-order valence-corrected chi connectivity index (χ2v) is 5.44. The Morgan fingerprint density at radius 2 is 1.28 bits per heavy atom. The number of aromatic nitrogens is 2. The van der Waals surface area contributed by atoms with Crippen LogP contribution in [0.5, 0.6) is 0 Å². The minimum Gasteiger partial charge on any atom is -0.460 e. The first kappa shape index (κ1) is 24.5. The molecule has 0 unspecified atom stereocenters. The number of hydrogen-bond acceptors (Lipinski definition) is 10. The van der Waals surface area contributed by atoms with Gasteiger partial charge >= 0.3 is 31.4 Å². The molecule has 2 heterocycles. The Morgan fingerprint density at radius 3 is 1.66 bits per heavy atom. The average Bonchev–Trinajstić information content (AvgIpc) is 2.74. The van der Waals surface area contributed by atoms with Crippen molar-refractivity contribution >= 4 is 46.7 Å². The topological polar surface area (TPSA) is 103 Å². The van der Waals surface area contributed by atoms with E-state index < -0.39 is 11.9 Å². The number of carbonyl (C=O) groups is 2. The van der Waals surface area contributed by atoms with Crippen LogP contribution in [0, 0.1) is 0 Å². The quantitative estimate of drug-likeness (QED) is 0.165. The Balaban J connectivity index is 0.00000420. The van der Waals surface area contributed by atoms with Gasteiger partial charge in [0.05, 0.1) is 45.9 Å². The van der Waals surface area contributed by atoms with Gasteiger partial charge in [-0.2, -0.15) is 0 Å². The number of rotatable bonds is 9. The maximum Gasteiger partial charge on any atom is 2.00 e. The van der Waals surface area contributed by atoms with Crippen molar-refractivity contribution in [3.63, 3.8) is 0 Å². The Kier molecular flexibility index (Phi) is 11.5. The molecule has 0 aliphatic carbocycles. The van der Waals surface area contributed by atoms with Crippen molar-refractivity contribution in [2.75, 3.05) is 26.3 Å². The molecule has 0 N–H and O–H groups in total. The number of thiocarbonyl (C=S) groups is 2. The van der Waals surface area contributed by atoms with Crippen molar-refractivity contribution in [3.05, 3.63) is 47.8 Å². The first-order chi connectivity index (χ1) is 13.7. The summed E-state index contributed by atoms with van der Waals surface area (Å²) in [5.74, 6) is -1.06. The zero-order chi connectivity index (χ0) is 20.2. The van der Waals surface area contributed by atoms with E-state index in [9.17, 15) is 9.59 Å². The van der Waals surface area contributed by atoms with E-state index in [1.54, 1.807) is 0 Å². The Labute approximate surface area is 190 Å². The van der Waals surface area contributed by atoms with Crippen molar-refractivity contribution < 1.29 is 38.5 Å². The van der Waals surface area contributed by atoms with E-state index in [0.717, 1.165) is 0 Å². The van der Waals surface area contributed by atoms with E-state index in [-0.39, 0.29) is 45.8 Å². The summed E-state index contributed by atoms with van der Waals surface area (Å²) in [6.07, 6.45) is 2.91. The normalized spacial score (nSPS) is 9.24. The standard InChI is InChI=1S/C18H14N4O4S2.Ru/c23-17(25-7-5-19-11-27)13-1-3-21-15(9-13)16-10-14(2-4-22-16)18(24)26-8-6-20-12-28;/h1-4,9-10H,5-8H2;/q;+2. The number of nitrogens with zero attached hydrogens (tertiary/aromatic N) is 4. The molecule has 29 heavy (non-hydrogen) atoms. The molecule has 8 nitrogen and oxygen atoms in total. The molecule has 0 aromatic carbocycles. The first-order valence-electron chi connectivity index (χ1n) is 7.99. The molecule has 0 bridgehead atoms. The number of esters is 2. The van der Waals surface area contributed by atoms with Crippen LogP contribution in [-0.2, 0) is 29.0 Å². The third kappa shape index (κ3) is 8.15. The summed E-state index contributed by atoms with van der Waals surface area (Å²) in [4.78, 5) is 39.9. The Hall–Kier alpha value is -2.54. The summed E-state index contributed by atoms with van der Waals surface area (Å²) in [6.45, 7) is 0.670. The fourth-order valence-corrected chi connectivity index (χ4v) is 2.20. The SMILES string of the molecule is O=C(OCCN=C=S)c1ccnc(-c2cc(C(=O)OCCN=C=S)ccn2)c1.[Ru+2]. The zero-order valence-corrected chi connectivity index (χ0v) is 18.3. The fourth-order valence-electron chi connectivity index (χ4n) is 2.02. The van der Waals surface area contributed by atoms with Crippen LogP contribution in [0.3, 0.4) is 0 Å². The van der Waals surface area contributed by atoms with E-state index in [0.29, 0.717) is 22.5 Å². The molecule has 0 aliphatic heterocycles. The summed E-state index contributed by atoms with van der Waals surface area (Å²) in [7, 11) is 0. The summed E-state index contributed by atoms with van der Waals surface area (Å²) in [5, 5.41) is 4.39. The zero-order valence-electron chi connectivity index (χ0n) is 14.9. The second kappa shape index (κ2) is 13.6. The third-order valence-corrected chi connectivity index (χ3v) is 3.51. The first-order valence-corrected chi connectivity index (χ1v) is 8.81. The van der Waals surface area contributed by atoms with E-state index >= 15 is 0 Å². The van der Waals surface area contributed by atoms with Crippen LogP contribution in [0.1, 0.15) is 20.7 Å². The average molecular weight is 516 g/mol. The molecule has 0 saturated heterocycles. The van der Waals surface area contributed by atoms with Crippen molar-refractivity contribution in [1.29, 1.82) is 0 Å². The Bertz CT molecular complexity index is 883. The molecule has 0 atom stereocenters. The maximum absolute atomic E-state index is 12.1. The van der Waals surface area contributed by atoms with E-state index in [2.05, 4.69) is 54.7 Å². The molecule has 2 aromatic heterocycles. The molecule has 2 rings (SSSR count). The van der Waals surface area contributed by atoms with Crippen molar-refractivity contribution in [2.24, 2.45) is 9.98 Å². The van der Waals surface area contributed by atoms with Gasteiger partial charge in [-0.15, -0.1) is 0 Å². The minimum absolute atomic E-state index is 0. The van der Waals surface area contributed by atoms with Crippen molar-refractivity contribution in [3.8, 4) is 11.4 Å². The van der Waals surface area contributed by atoms with E-state index in [4.69, 9.17) is 9.47 Å². The smallest absolute Gasteiger partial charge is 0.460 e. The predicted octanol–water partition coefficient (Wildman–Crippen LogP) is 2.66. The molecule has 0 fully saturated rings. The molecule has 0 amide bonds. The van der Waals surface area contributed by atoms with Crippen LogP contribution in [0.15, 0.2) is 46.6 Å². The van der Waals surface area contributed by atoms with Gasteiger partial charge < -0.3 is 9.47 Å². The fraction of sp³-hybridized carbons (Fsp3) is 0.222. The molecule has 0 aliphatic rings. The predicted molar refractivity (Wildman–Crippen MR) is 108 cm³/mol. The van der Waals surface area contributed by atoms with Gasteiger partial charge in [-0.25, -0.2) is 19.6 Å². The molecule has 0 spiro atoms. The molecular weight excluding hydrogens is 501 g/mol. The largest absolute Gasteiger partial charge is 2.00 e. The van der Waals surface area contributed by atoms with Crippen molar-refractivity contribution in [1.82, 2.24) is 9.97 Å². The van der Waals surface area contributed by atoms with Gasteiger partial charge in [0.15, 0.2) is 0 Å².